The second-order valence-electron chi connectivity index (χ2n) is 8.93. The van der Waals surface area contributed by atoms with E-state index in [0.717, 1.165) is 53.8 Å². The van der Waals surface area contributed by atoms with Crippen LogP contribution in [0.25, 0.3) is 22.0 Å². The van der Waals surface area contributed by atoms with Crippen LogP contribution in [0.1, 0.15) is 23.2 Å². The number of aryl methyl sites for hydroxylation is 1. The Hall–Kier alpha value is -3.85. The summed E-state index contributed by atoms with van der Waals surface area (Å²) in [7, 11) is 6.13. The number of carbonyl (C=O) groups is 1. The van der Waals surface area contributed by atoms with Gasteiger partial charge in [-0.05, 0) is 51.2 Å². The van der Waals surface area contributed by atoms with Gasteiger partial charge in [-0.3, -0.25) is 14.5 Å². The lowest BCUT2D eigenvalue weighted by atomic mass is 10.0. The molecule has 9 nitrogen and oxygen atoms in total. The normalized spacial score (nSPS) is 14.6. The Morgan fingerprint density at radius 3 is 2.59 bits per heavy atom. The number of amides is 1. The number of anilines is 2. The molecule has 0 unspecified atom stereocenters. The summed E-state index contributed by atoms with van der Waals surface area (Å²) in [6.45, 7) is 1.86. The van der Waals surface area contributed by atoms with Gasteiger partial charge in [0.25, 0.3) is 5.91 Å². The standard InChI is InChI=1S/C25H28N8O/c1-31(2)21-5-8-33(9-6-21)24-12-17(4-7-26-24)25(34)30-23-11-18-10-19(13-27-22(18)15-28-23)20-14-29-32(3)16-20/h4,7,10-16,21H,5-6,8-9H2,1-3H3,(H,28,30,34). The number of pyridine rings is 3. The average molecular weight is 457 g/mol. The van der Waals surface area contributed by atoms with Crippen molar-refractivity contribution in [3.63, 3.8) is 0 Å². The van der Waals surface area contributed by atoms with Gasteiger partial charge in [-0.1, -0.05) is 0 Å². The molecular formula is C25H28N8O. The summed E-state index contributed by atoms with van der Waals surface area (Å²) in [4.78, 5) is 30.9. The van der Waals surface area contributed by atoms with Crippen molar-refractivity contribution in [2.45, 2.75) is 18.9 Å². The van der Waals surface area contributed by atoms with Crippen LogP contribution < -0.4 is 10.2 Å². The first-order valence-corrected chi connectivity index (χ1v) is 11.4. The molecule has 5 heterocycles. The van der Waals surface area contributed by atoms with Gasteiger partial charge in [0.15, 0.2) is 0 Å². The molecule has 9 heteroatoms. The van der Waals surface area contributed by atoms with Crippen molar-refractivity contribution in [1.82, 2.24) is 29.6 Å². The number of hydrogen-bond acceptors (Lipinski definition) is 7. The molecule has 0 aromatic carbocycles. The van der Waals surface area contributed by atoms with E-state index in [2.05, 4.69) is 49.3 Å². The molecule has 4 aromatic rings. The Bertz CT molecular complexity index is 1320. The Morgan fingerprint density at radius 2 is 1.85 bits per heavy atom. The Labute approximate surface area is 198 Å². The van der Waals surface area contributed by atoms with E-state index in [-0.39, 0.29) is 5.91 Å². The third-order valence-electron chi connectivity index (χ3n) is 6.37. The van der Waals surface area contributed by atoms with E-state index in [1.54, 1.807) is 35.5 Å². The van der Waals surface area contributed by atoms with Crippen LogP contribution >= 0.6 is 0 Å². The highest BCUT2D eigenvalue weighted by molar-refractivity contribution is 6.04. The molecule has 1 aliphatic heterocycles. The summed E-state index contributed by atoms with van der Waals surface area (Å²) < 4.78 is 1.76. The maximum Gasteiger partial charge on any atom is 0.257 e. The number of fused-ring (bicyclic) bond motifs is 1. The number of nitrogens with one attached hydrogen (secondary N) is 1. The molecule has 0 aliphatic carbocycles. The lowest BCUT2D eigenvalue weighted by Gasteiger charge is -2.35. The number of carbonyl (C=O) groups excluding carboxylic acids is 1. The molecule has 4 aromatic heterocycles. The van der Waals surface area contributed by atoms with Crippen LogP contribution in [-0.4, -0.2) is 68.8 Å². The summed E-state index contributed by atoms with van der Waals surface area (Å²) in [5.74, 6) is 1.10. The smallest absolute Gasteiger partial charge is 0.257 e. The van der Waals surface area contributed by atoms with Gasteiger partial charge in [-0.2, -0.15) is 5.10 Å². The van der Waals surface area contributed by atoms with Gasteiger partial charge in [0.05, 0.1) is 17.9 Å². The van der Waals surface area contributed by atoms with Gasteiger partial charge in [-0.15, -0.1) is 0 Å². The first-order chi connectivity index (χ1) is 16.5. The first-order valence-electron chi connectivity index (χ1n) is 11.4. The lowest BCUT2D eigenvalue weighted by molar-refractivity contribution is 0.102. The van der Waals surface area contributed by atoms with E-state index in [1.807, 2.05) is 31.4 Å². The monoisotopic (exact) mass is 456 g/mol. The predicted molar refractivity (Wildman–Crippen MR) is 133 cm³/mol. The van der Waals surface area contributed by atoms with Gasteiger partial charge >= 0.3 is 0 Å². The molecule has 0 atom stereocenters. The maximum absolute atomic E-state index is 13.0. The molecule has 1 amide bonds. The largest absolute Gasteiger partial charge is 0.356 e. The van der Waals surface area contributed by atoms with Crippen molar-refractivity contribution in [1.29, 1.82) is 0 Å². The third kappa shape index (κ3) is 4.60. The molecule has 1 fully saturated rings. The summed E-state index contributed by atoms with van der Waals surface area (Å²) in [5.41, 5.74) is 3.26. The Morgan fingerprint density at radius 1 is 1.03 bits per heavy atom. The quantitative estimate of drug-likeness (QED) is 0.493. The van der Waals surface area contributed by atoms with Crippen LogP contribution in [0.3, 0.4) is 0 Å². The molecule has 1 saturated heterocycles. The van der Waals surface area contributed by atoms with Gasteiger partial charge in [-0.25, -0.2) is 9.97 Å². The fourth-order valence-electron chi connectivity index (χ4n) is 4.36. The van der Waals surface area contributed by atoms with Crippen molar-refractivity contribution in [3.05, 3.63) is 60.8 Å². The van der Waals surface area contributed by atoms with Crippen LogP contribution in [0.5, 0.6) is 0 Å². The van der Waals surface area contributed by atoms with Gasteiger partial charge in [0.2, 0.25) is 0 Å². The van der Waals surface area contributed by atoms with E-state index in [0.29, 0.717) is 17.4 Å². The van der Waals surface area contributed by atoms with E-state index < -0.39 is 0 Å². The summed E-state index contributed by atoms with van der Waals surface area (Å²) in [5, 5.41) is 8.04. The molecule has 34 heavy (non-hydrogen) atoms. The fraction of sp³-hybridized carbons (Fsp3) is 0.320. The number of nitrogens with zero attached hydrogens (tertiary/aromatic N) is 7. The lowest BCUT2D eigenvalue weighted by Crippen LogP contribution is -2.42. The minimum absolute atomic E-state index is 0.213. The zero-order valence-electron chi connectivity index (χ0n) is 19.6. The van der Waals surface area contributed by atoms with Crippen LogP contribution in [0, 0.1) is 0 Å². The Kier molecular flexibility index (Phi) is 5.93. The molecule has 0 saturated carbocycles. The second kappa shape index (κ2) is 9.18. The molecule has 1 aliphatic rings. The van der Waals surface area contributed by atoms with Crippen LogP contribution in [-0.2, 0) is 7.05 Å². The number of piperidine rings is 1. The van der Waals surface area contributed by atoms with E-state index in [1.165, 1.54) is 0 Å². The molecule has 174 valence electrons. The first kappa shape index (κ1) is 22.0. The van der Waals surface area contributed by atoms with E-state index in [9.17, 15) is 4.79 Å². The zero-order chi connectivity index (χ0) is 23.7. The SMILES string of the molecule is CN(C)C1CCN(c2cc(C(=O)Nc3cc4cc(-c5cnn(C)c5)cnc4cn3)ccn2)CC1. The highest BCUT2D eigenvalue weighted by Crippen LogP contribution is 2.24. The fourth-order valence-corrected chi connectivity index (χ4v) is 4.36. The van der Waals surface area contributed by atoms with Gasteiger partial charge < -0.3 is 15.1 Å². The van der Waals surface area contributed by atoms with Crippen molar-refractivity contribution in [2.75, 3.05) is 37.4 Å². The molecule has 5 rings (SSSR count). The minimum Gasteiger partial charge on any atom is -0.356 e. The molecule has 0 bridgehead atoms. The second-order valence-corrected chi connectivity index (χ2v) is 8.93. The van der Waals surface area contributed by atoms with Crippen molar-refractivity contribution >= 4 is 28.4 Å². The van der Waals surface area contributed by atoms with Crippen molar-refractivity contribution in [3.8, 4) is 11.1 Å². The molecule has 0 radical (unpaired) electrons. The highest BCUT2D eigenvalue weighted by Gasteiger charge is 2.22. The van der Waals surface area contributed by atoms with Gasteiger partial charge in [0, 0.05) is 66.8 Å². The summed E-state index contributed by atoms with van der Waals surface area (Å²) in [6, 6.07) is 8.05. The number of aromatic nitrogens is 5. The minimum atomic E-state index is -0.213. The van der Waals surface area contributed by atoms with Crippen molar-refractivity contribution < 1.29 is 4.79 Å². The zero-order valence-corrected chi connectivity index (χ0v) is 19.6. The third-order valence-corrected chi connectivity index (χ3v) is 6.37. The average Bonchev–Trinajstić information content (AvgIpc) is 3.30. The highest BCUT2D eigenvalue weighted by atomic mass is 16.1. The molecular weight excluding hydrogens is 428 g/mol. The number of hydrogen-bond donors (Lipinski definition) is 1. The number of rotatable bonds is 5. The summed E-state index contributed by atoms with van der Waals surface area (Å²) in [6.07, 6.45) is 11.1. The molecule has 0 spiro atoms. The van der Waals surface area contributed by atoms with Crippen LogP contribution in [0.4, 0.5) is 11.6 Å². The molecule has 1 N–H and O–H groups in total. The predicted octanol–water partition coefficient (Wildman–Crippen LogP) is 3.21. The van der Waals surface area contributed by atoms with E-state index >= 15 is 0 Å². The summed E-state index contributed by atoms with van der Waals surface area (Å²) >= 11 is 0. The van der Waals surface area contributed by atoms with Crippen LogP contribution in [0.2, 0.25) is 0 Å². The van der Waals surface area contributed by atoms with E-state index in [4.69, 9.17) is 0 Å². The maximum atomic E-state index is 13.0. The van der Waals surface area contributed by atoms with Crippen molar-refractivity contribution in [2.24, 2.45) is 7.05 Å². The Balaban J connectivity index is 1.32. The van der Waals surface area contributed by atoms with Crippen LogP contribution in [0.15, 0.2) is 55.2 Å². The van der Waals surface area contributed by atoms with Gasteiger partial charge in [0.1, 0.15) is 11.6 Å². The topological polar surface area (TPSA) is 92.1 Å².